The zero-order chi connectivity index (χ0) is 19.7. The summed E-state index contributed by atoms with van der Waals surface area (Å²) in [7, 11) is 0. The Kier molecular flexibility index (Phi) is 4.86. The molecule has 0 bridgehead atoms. The first-order valence-electron chi connectivity index (χ1n) is 9.54. The van der Waals surface area contributed by atoms with Crippen LogP contribution in [-0.4, -0.2) is 34.6 Å². The van der Waals surface area contributed by atoms with Crippen LogP contribution in [0, 0.1) is 6.92 Å². The number of para-hydroxylation sites is 2. The molecule has 6 heteroatoms. The highest BCUT2D eigenvalue weighted by molar-refractivity contribution is 5.96. The molecule has 0 aliphatic carbocycles. The lowest BCUT2D eigenvalue weighted by Crippen LogP contribution is -2.24. The minimum Gasteiger partial charge on any atom is -0.465 e. The first-order valence-corrected chi connectivity index (χ1v) is 9.54. The quantitative estimate of drug-likeness (QED) is 0.639. The maximum atomic E-state index is 12.7. The van der Waals surface area contributed by atoms with Crippen molar-refractivity contribution < 1.29 is 14.3 Å². The zero-order valence-electron chi connectivity index (χ0n) is 16.1. The molecule has 1 amide bonds. The van der Waals surface area contributed by atoms with Crippen LogP contribution >= 0.6 is 0 Å². The van der Waals surface area contributed by atoms with E-state index in [1.54, 1.807) is 6.92 Å². The number of imidazole rings is 1. The number of esters is 1. The Hall–Kier alpha value is -3.15. The standard InChI is InChI=1S/C22H23N3O3/c1-3-28-21(27)14-25-19-10-5-4-9-18(19)23-22(25)16-12-20(26)24(13-16)17-8-6-7-15(2)11-17/h4-11,16H,3,12-14H2,1-2H3/t16-/m1/s1. The fourth-order valence-corrected chi connectivity index (χ4v) is 3.83. The van der Waals surface area contributed by atoms with E-state index in [0.29, 0.717) is 19.6 Å². The van der Waals surface area contributed by atoms with Gasteiger partial charge in [-0.2, -0.15) is 0 Å². The predicted octanol–water partition coefficient (Wildman–Crippen LogP) is 3.43. The first kappa shape index (κ1) is 18.2. The minimum atomic E-state index is -0.299. The van der Waals surface area contributed by atoms with Gasteiger partial charge in [-0.15, -0.1) is 0 Å². The summed E-state index contributed by atoms with van der Waals surface area (Å²) < 4.78 is 7.04. The van der Waals surface area contributed by atoms with E-state index < -0.39 is 0 Å². The number of aromatic nitrogens is 2. The summed E-state index contributed by atoms with van der Waals surface area (Å²) in [6.07, 6.45) is 0.375. The topological polar surface area (TPSA) is 64.4 Å². The van der Waals surface area contributed by atoms with Gasteiger partial charge in [-0.1, -0.05) is 24.3 Å². The third-order valence-corrected chi connectivity index (χ3v) is 5.08. The highest BCUT2D eigenvalue weighted by Gasteiger charge is 2.35. The SMILES string of the molecule is CCOC(=O)Cn1c([C@@H]2CC(=O)N(c3cccc(C)c3)C2)nc2ccccc21. The smallest absolute Gasteiger partial charge is 0.326 e. The van der Waals surface area contributed by atoms with Gasteiger partial charge in [-0.25, -0.2) is 4.98 Å². The number of carbonyl (C=O) groups excluding carboxylic acids is 2. The Labute approximate surface area is 163 Å². The molecule has 0 N–H and O–H groups in total. The molecule has 1 aliphatic heterocycles. The van der Waals surface area contributed by atoms with E-state index in [9.17, 15) is 9.59 Å². The van der Waals surface area contributed by atoms with Crippen LogP contribution in [0.25, 0.3) is 11.0 Å². The van der Waals surface area contributed by atoms with Crippen LogP contribution in [0.2, 0.25) is 0 Å². The summed E-state index contributed by atoms with van der Waals surface area (Å²) in [5, 5.41) is 0. The summed E-state index contributed by atoms with van der Waals surface area (Å²) in [5.74, 6) is 0.463. The normalized spacial score (nSPS) is 16.7. The van der Waals surface area contributed by atoms with Gasteiger partial charge in [0.05, 0.1) is 17.6 Å². The number of benzene rings is 2. The molecule has 6 nitrogen and oxygen atoms in total. The summed E-state index contributed by atoms with van der Waals surface area (Å²) in [4.78, 5) is 31.5. The van der Waals surface area contributed by atoms with E-state index >= 15 is 0 Å². The van der Waals surface area contributed by atoms with Gasteiger partial charge in [0, 0.05) is 24.6 Å². The predicted molar refractivity (Wildman–Crippen MR) is 107 cm³/mol. The van der Waals surface area contributed by atoms with Crippen molar-refractivity contribution in [2.75, 3.05) is 18.1 Å². The lowest BCUT2D eigenvalue weighted by atomic mass is 10.1. The molecule has 0 unspecified atom stereocenters. The van der Waals surface area contributed by atoms with Crippen LogP contribution < -0.4 is 4.90 Å². The Bertz CT molecular complexity index is 1040. The van der Waals surface area contributed by atoms with Gasteiger partial charge in [0.1, 0.15) is 12.4 Å². The van der Waals surface area contributed by atoms with Crippen LogP contribution in [0.3, 0.4) is 0 Å². The van der Waals surface area contributed by atoms with Gasteiger partial charge in [0.2, 0.25) is 5.91 Å². The molecular weight excluding hydrogens is 354 g/mol. The number of ether oxygens (including phenoxy) is 1. The molecular formula is C22H23N3O3. The van der Waals surface area contributed by atoms with Crippen LogP contribution in [0.1, 0.15) is 30.7 Å². The number of carbonyl (C=O) groups is 2. The molecule has 1 aromatic heterocycles. The maximum Gasteiger partial charge on any atom is 0.326 e. The zero-order valence-corrected chi connectivity index (χ0v) is 16.1. The number of anilines is 1. The Morgan fingerprint density at radius 3 is 2.82 bits per heavy atom. The van der Waals surface area contributed by atoms with Gasteiger partial charge in [-0.05, 0) is 43.7 Å². The van der Waals surface area contributed by atoms with Crippen molar-refractivity contribution in [3.63, 3.8) is 0 Å². The summed E-state index contributed by atoms with van der Waals surface area (Å²) in [5.41, 5.74) is 3.72. The highest BCUT2D eigenvalue weighted by atomic mass is 16.5. The second-order valence-corrected chi connectivity index (χ2v) is 7.09. The lowest BCUT2D eigenvalue weighted by Gasteiger charge is -2.17. The van der Waals surface area contributed by atoms with Crippen molar-refractivity contribution in [1.29, 1.82) is 0 Å². The number of nitrogens with zero attached hydrogens (tertiary/aromatic N) is 3. The van der Waals surface area contributed by atoms with Crippen molar-refractivity contribution >= 4 is 28.6 Å². The fourth-order valence-electron chi connectivity index (χ4n) is 3.83. The highest BCUT2D eigenvalue weighted by Crippen LogP contribution is 2.33. The monoisotopic (exact) mass is 377 g/mol. The van der Waals surface area contributed by atoms with E-state index in [2.05, 4.69) is 0 Å². The summed E-state index contributed by atoms with van der Waals surface area (Å²) >= 11 is 0. The van der Waals surface area contributed by atoms with E-state index in [1.165, 1.54) is 0 Å². The van der Waals surface area contributed by atoms with Gasteiger partial charge >= 0.3 is 5.97 Å². The number of amides is 1. The number of aryl methyl sites for hydroxylation is 1. The second kappa shape index (κ2) is 7.46. The van der Waals surface area contributed by atoms with Crippen molar-refractivity contribution in [3.8, 4) is 0 Å². The fraction of sp³-hybridized carbons (Fsp3) is 0.318. The van der Waals surface area contributed by atoms with E-state index in [-0.39, 0.29) is 24.3 Å². The number of hydrogen-bond acceptors (Lipinski definition) is 4. The van der Waals surface area contributed by atoms with Gasteiger partial charge in [-0.3, -0.25) is 9.59 Å². The maximum absolute atomic E-state index is 12.7. The lowest BCUT2D eigenvalue weighted by molar-refractivity contribution is -0.143. The average Bonchev–Trinajstić information content (AvgIpc) is 3.23. The van der Waals surface area contributed by atoms with Gasteiger partial charge < -0.3 is 14.2 Å². The third-order valence-electron chi connectivity index (χ3n) is 5.08. The molecule has 1 aliphatic rings. The number of rotatable bonds is 5. The van der Waals surface area contributed by atoms with Crippen molar-refractivity contribution in [3.05, 3.63) is 59.9 Å². The molecule has 1 saturated heterocycles. The largest absolute Gasteiger partial charge is 0.465 e. The van der Waals surface area contributed by atoms with E-state index in [1.807, 2.05) is 64.9 Å². The van der Waals surface area contributed by atoms with Gasteiger partial charge in [0.15, 0.2) is 0 Å². The third kappa shape index (κ3) is 3.38. The Balaban J connectivity index is 1.69. The number of hydrogen-bond donors (Lipinski definition) is 0. The summed E-state index contributed by atoms with van der Waals surface area (Å²) in [6, 6.07) is 15.7. The number of fused-ring (bicyclic) bond motifs is 1. The van der Waals surface area contributed by atoms with E-state index in [4.69, 9.17) is 9.72 Å². The van der Waals surface area contributed by atoms with Crippen molar-refractivity contribution in [1.82, 2.24) is 9.55 Å². The molecule has 0 radical (unpaired) electrons. The molecule has 1 fully saturated rings. The molecule has 28 heavy (non-hydrogen) atoms. The Morgan fingerprint density at radius 1 is 1.21 bits per heavy atom. The van der Waals surface area contributed by atoms with Crippen molar-refractivity contribution in [2.45, 2.75) is 32.7 Å². The van der Waals surface area contributed by atoms with Crippen LogP contribution in [0.4, 0.5) is 5.69 Å². The van der Waals surface area contributed by atoms with Crippen LogP contribution in [0.15, 0.2) is 48.5 Å². The molecule has 1 atom stereocenters. The average molecular weight is 377 g/mol. The minimum absolute atomic E-state index is 0.0742. The molecule has 0 spiro atoms. The molecule has 3 aromatic rings. The summed E-state index contributed by atoms with van der Waals surface area (Å²) in [6.45, 7) is 4.79. The molecule has 0 saturated carbocycles. The van der Waals surface area contributed by atoms with Crippen LogP contribution in [-0.2, 0) is 20.9 Å². The Morgan fingerprint density at radius 2 is 2.04 bits per heavy atom. The molecule has 4 rings (SSSR count). The molecule has 2 heterocycles. The van der Waals surface area contributed by atoms with Crippen molar-refractivity contribution in [2.24, 2.45) is 0 Å². The molecule has 144 valence electrons. The van der Waals surface area contributed by atoms with E-state index in [0.717, 1.165) is 28.1 Å². The first-order chi connectivity index (χ1) is 13.6. The molecule has 2 aromatic carbocycles. The second-order valence-electron chi connectivity index (χ2n) is 7.09. The van der Waals surface area contributed by atoms with Gasteiger partial charge in [0.25, 0.3) is 0 Å². The van der Waals surface area contributed by atoms with Crippen LogP contribution in [0.5, 0.6) is 0 Å².